The summed E-state index contributed by atoms with van der Waals surface area (Å²) in [6.45, 7) is 1.83. The molecule has 0 spiro atoms. The van der Waals surface area contributed by atoms with E-state index in [0.29, 0.717) is 15.9 Å². The van der Waals surface area contributed by atoms with Crippen LogP contribution in [0.4, 0.5) is 0 Å². The van der Waals surface area contributed by atoms with E-state index < -0.39 is 5.97 Å². The van der Waals surface area contributed by atoms with Crippen molar-refractivity contribution in [3.8, 4) is 11.5 Å². The molecule has 1 aromatic heterocycles. The van der Waals surface area contributed by atoms with Gasteiger partial charge in [-0.2, -0.15) is 0 Å². The number of nitrogens with zero attached hydrogens (tertiary/aromatic N) is 2. The van der Waals surface area contributed by atoms with Gasteiger partial charge >= 0.3 is 5.97 Å². The van der Waals surface area contributed by atoms with Gasteiger partial charge in [0.15, 0.2) is 6.61 Å². The molecule has 0 fully saturated rings. The highest BCUT2D eigenvalue weighted by Gasteiger charge is 2.13. The number of halogens is 2. The Morgan fingerprint density at radius 1 is 1.12 bits per heavy atom. The van der Waals surface area contributed by atoms with Crippen molar-refractivity contribution >= 4 is 29.2 Å². The number of carbonyl (C=O) groups excluding carboxylic acids is 1. The first-order valence-corrected chi connectivity index (χ1v) is 7.79. The van der Waals surface area contributed by atoms with Gasteiger partial charge in [-0.1, -0.05) is 40.9 Å². The van der Waals surface area contributed by atoms with Gasteiger partial charge < -0.3 is 9.15 Å². The predicted octanol–water partition coefficient (Wildman–Crippen LogP) is 4.71. The van der Waals surface area contributed by atoms with Crippen molar-refractivity contribution in [2.75, 3.05) is 0 Å². The number of aryl methyl sites for hydroxylation is 1. The zero-order valence-electron chi connectivity index (χ0n) is 12.6. The summed E-state index contributed by atoms with van der Waals surface area (Å²) in [5.74, 6) is -0.00163. The van der Waals surface area contributed by atoms with E-state index in [0.717, 1.165) is 11.1 Å². The fourth-order valence-electron chi connectivity index (χ4n) is 2.09. The highest BCUT2D eigenvalue weighted by molar-refractivity contribution is 6.35. The number of rotatable bonds is 4. The van der Waals surface area contributed by atoms with Gasteiger partial charge in [0.1, 0.15) is 0 Å². The minimum Gasteiger partial charge on any atom is -0.452 e. The summed E-state index contributed by atoms with van der Waals surface area (Å²) in [5, 5.41) is 8.54. The number of esters is 1. The Hall–Kier alpha value is -2.37. The van der Waals surface area contributed by atoms with Crippen molar-refractivity contribution in [3.05, 3.63) is 69.5 Å². The molecule has 0 saturated carbocycles. The lowest BCUT2D eigenvalue weighted by Crippen LogP contribution is -2.05. The van der Waals surface area contributed by atoms with Crippen LogP contribution in [-0.2, 0) is 11.3 Å². The molecule has 0 radical (unpaired) electrons. The van der Waals surface area contributed by atoms with Crippen LogP contribution in [-0.4, -0.2) is 16.2 Å². The topological polar surface area (TPSA) is 65.2 Å². The fraction of sp³-hybridized carbons (Fsp3) is 0.118. The van der Waals surface area contributed by atoms with E-state index in [1.54, 1.807) is 0 Å². The summed E-state index contributed by atoms with van der Waals surface area (Å²) in [5.41, 5.74) is 2.14. The smallest absolute Gasteiger partial charge is 0.338 e. The second-order valence-electron chi connectivity index (χ2n) is 5.10. The molecule has 0 unspecified atom stereocenters. The quantitative estimate of drug-likeness (QED) is 0.628. The minimum atomic E-state index is -0.574. The van der Waals surface area contributed by atoms with Gasteiger partial charge in [-0.15, -0.1) is 10.2 Å². The van der Waals surface area contributed by atoms with E-state index in [1.165, 1.54) is 18.2 Å². The second kappa shape index (κ2) is 7.03. The molecule has 5 nitrogen and oxygen atoms in total. The van der Waals surface area contributed by atoms with E-state index in [2.05, 4.69) is 10.2 Å². The maximum Gasteiger partial charge on any atom is 0.338 e. The van der Waals surface area contributed by atoms with E-state index in [1.807, 2.05) is 31.2 Å². The molecule has 1 heterocycles. The first-order valence-electron chi connectivity index (χ1n) is 7.04. The maximum absolute atomic E-state index is 12.0. The fourth-order valence-corrected chi connectivity index (χ4v) is 2.62. The minimum absolute atomic E-state index is 0.137. The van der Waals surface area contributed by atoms with Gasteiger partial charge in [-0.25, -0.2) is 4.79 Å². The van der Waals surface area contributed by atoms with Gasteiger partial charge in [0.25, 0.3) is 5.89 Å². The van der Waals surface area contributed by atoms with E-state index >= 15 is 0 Å². The largest absolute Gasteiger partial charge is 0.452 e. The van der Waals surface area contributed by atoms with E-state index in [9.17, 15) is 4.79 Å². The Bertz CT molecular complexity index is 873. The number of benzene rings is 2. The molecule has 0 amide bonds. The van der Waals surface area contributed by atoms with Gasteiger partial charge in [-0.05, 0) is 37.3 Å². The van der Waals surface area contributed by atoms with Crippen LogP contribution in [0, 0.1) is 6.92 Å². The molecule has 0 aliphatic heterocycles. The number of ether oxygens (including phenoxy) is 1. The summed E-state index contributed by atoms with van der Waals surface area (Å²) in [4.78, 5) is 12.0. The summed E-state index contributed by atoms with van der Waals surface area (Å²) in [7, 11) is 0. The van der Waals surface area contributed by atoms with Crippen LogP contribution in [0.1, 0.15) is 21.8 Å². The molecule has 0 saturated heterocycles. The second-order valence-corrected chi connectivity index (χ2v) is 5.98. The molecular weight excluding hydrogens is 351 g/mol. The number of hydrogen-bond acceptors (Lipinski definition) is 5. The van der Waals surface area contributed by atoms with Crippen LogP contribution < -0.4 is 0 Å². The van der Waals surface area contributed by atoms with Crippen LogP contribution in [0.3, 0.4) is 0 Å². The zero-order valence-corrected chi connectivity index (χ0v) is 14.1. The summed E-state index contributed by atoms with van der Waals surface area (Å²) < 4.78 is 10.7. The monoisotopic (exact) mass is 362 g/mol. The molecule has 3 aromatic rings. The Kier molecular flexibility index (Phi) is 4.83. The van der Waals surface area contributed by atoms with Gasteiger partial charge in [-0.3, -0.25) is 0 Å². The Morgan fingerprint density at radius 2 is 1.88 bits per heavy atom. The highest BCUT2D eigenvalue weighted by Crippen LogP contribution is 2.21. The normalized spacial score (nSPS) is 10.6. The molecule has 24 heavy (non-hydrogen) atoms. The van der Waals surface area contributed by atoms with Crippen molar-refractivity contribution in [2.24, 2.45) is 0 Å². The molecule has 122 valence electrons. The third-order valence-corrected chi connectivity index (χ3v) is 3.59. The average Bonchev–Trinajstić information content (AvgIpc) is 3.00. The first kappa shape index (κ1) is 16.5. The summed E-state index contributed by atoms with van der Waals surface area (Å²) in [6.07, 6.45) is 0. The van der Waals surface area contributed by atoms with Crippen molar-refractivity contribution in [1.82, 2.24) is 10.2 Å². The van der Waals surface area contributed by atoms with Crippen molar-refractivity contribution in [3.63, 3.8) is 0 Å². The number of aromatic nitrogens is 2. The number of carbonyl (C=O) groups is 1. The molecule has 0 N–H and O–H groups in total. The number of hydrogen-bond donors (Lipinski definition) is 0. The molecule has 3 rings (SSSR count). The molecule has 7 heteroatoms. The third kappa shape index (κ3) is 3.93. The van der Waals surface area contributed by atoms with E-state index in [-0.39, 0.29) is 18.1 Å². The van der Waals surface area contributed by atoms with Crippen LogP contribution in [0.25, 0.3) is 11.5 Å². The van der Waals surface area contributed by atoms with E-state index in [4.69, 9.17) is 32.4 Å². The Balaban J connectivity index is 1.68. The van der Waals surface area contributed by atoms with Crippen LogP contribution >= 0.6 is 23.2 Å². The zero-order chi connectivity index (χ0) is 17.1. The van der Waals surface area contributed by atoms with Crippen molar-refractivity contribution in [1.29, 1.82) is 0 Å². The lowest BCUT2D eigenvalue weighted by atomic mass is 10.1. The van der Waals surface area contributed by atoms with Gasteiger partial charge in [0, 0.05) is 15.6 Å². The molecular formula is C17H12Cl2N2O3. The Labute approximate surface area is 148 Å². The van der Waals surface area contributed by atoms with Crippen LogP contribution in [0.5, 0.6) is 0 Å². The molecule has 0 aliphatic carbocycles. The van der Waals surface area contributed by atoms with Crippen molar-refractivity contribution < 1.29 is 13.9 Å². The molecule has 0 bridgehead atoms. The average molecular weight is 363 g/mol. The Morgan fingerprint density at radius 3 is 2.58 bits per heavy atom. The van der Waals surface area contributed by atoms with Gasteiger partial charge in [0.2, 0.25) is 5.89 Å². The van der Waals surface area contributed by atoms with Crippen molar-refractivity contribution in [2.45, 2.75) is 13.5 Å². The lowest BCUT2D eigenvalue weighted by Gasteiger charge is -2.03. The maximum atomic E-state index is 12.0. The first-order chi connectivity index (χ1) is 11.5. The van der Waals surface area contributed by atoms with Crippen LogP contribution in [0.15, 0.2) is 46.9 Å². The predicted molar refractivity (Wildman–Crippen MR) is 90.1 cm³/mol. The standard InChI is InChI=1S/C17H12Cl2N2O3/c1-10-3-2-4-11(5-10)16-21-20-15(24-16)9-23-17(22)12-6-13(18)8-14(19)7-12/h2-8H,9H2,1H3. The summed E-state index contributed by atoms with van der Waals surface area (Å²) >= 11 is 11.7. The summed E-state index contributed by atoms with van der Waals surface area (Å²) in [6, 6.07) is 12.1. The lowest BCUT2D eigenvalue weighted by molar-refractivity contribution is 0.0438. The SMILES string of the molecule is Cc1cccc(-c2nnc(COC(=O)c3cc(Cl)cc(Cl)c3)o2)c1. The molecule has 0 aliphatic rings. The molecule has 0 atom stereocenters. The highest BCUT2D eigenvalue weighted by atomic mass is 35.5. The third-order valence-electron chi connectivity index (χ3n) is 3.16. The van der Waals surface area contributed by atoms with Crippen LogP contribution in [0.2, 0.25) is 10.0 Å². The molecule has 2 aromatic carbocycles. The van der Waals surface area contributed by atoms with Gasteiger partial charge in [0.05, 0.1) is 5.56 Å².